The molecule has 2 heterocycles. The molecule has 24 heavy (non-hydrogen) atoms. The number of hydrogen-bond acceptors (Lipinski definition) is 4. The van der Waals surface area contributed by atoms with Gasteiger partial charge >= 0.3 is 0 Å². The number of carbonyl (C=O) groups is 1. The first-order chi connectivity index (χ1) is 11.6. The molecule has 0 bridgehead atoms. The van der Waals surface area contributed by atoms with Crippen molar-refractivity contribution < 1.29 is 9.53 Å². The molecule has 2 fully saturated rings. The van der Waals surface area contributed by atoms with Gasteiger partial charge < -0.3 is 15.4 Å². The first-order valence-corrected chi connectivity index (χ1v) is 9.09. The Hall–Kier alpha value is -1.43. The van der Waals surface area contributed by atoms with Crippen LogP contribution in [0.2, 0.25) is 0 Å². The van der Waals surface area contributed by atoms with Crippen molar-refractivity contribution >= 4 is 11.6 Å². The molecule has 1 aromatic carbocycles. The highest BCUT2D eigenvalue weighted by atomic mass is 16.5. The molecule has 1 amide bonds. The van der Waals surface area contributed by atoms with E-state index >= 15 is 0 Å². The van der Waals surface area contributed by atoms with Crippen molar-refractivity contribution in [1.29, 1.82) is 0 Å². The molecule has 5 nitrogen and oxygen atoms in total. The Bertz CT molecular complexity index is 540. The number of piperidine rings is 1. The minimum absolute atomic E-state index is 0.119. The molecule has 0 aromatic heterocycles. The lowest BCUT2D eigenvalue weighted by atomic mass is 9.92. The zero-order chi connectivity index (χ0) is 16.9. The molecule has 0 radical (unpaired) electrons. The highest BCUT2D eigenvalue weighted by Crippen LogP contribution is 2.24. The molecule has 2 saturated heterocycles. The molecule has 3 atom stereocenters. The number of hydrogen-bond donors (Lipinski definition) is 2. The number of benzene rings is 1. The topological polar surface area (TPSA) is 53.6 Å². The van der Waals surface area contributed by atoms with Gasteiger partial charge in [-0.2, -0.15) is 0 Å². The maximum Gasteiger partial charge on any atom is 0.227 e. The monoisotopic (exact) mass is 331 g/mol. The highest BCUT2D eigenvalue weighted by molar-refractivity contribution is 5.92. The number of carbonyl (C=O) groups excluding carboxylic acids is 1. The van der Waals surface area contributed by atoms with Crippen molar-refractivity contribution in [3.63, 3.8) is 0 Å². The van der Waals surface area contributed by atoms with Gasteiger partial charge in [0, 0.05) is 36.8 Å². The van der Waals surface area contributed by atoms with E-state index in [-0.39, 0.29) is 11.8 Å². The smallest absolute Gasteiger partial charge is 0.227 e. The van der Waals surface area contributed by atoms with Gasteiger partial charge in [0.2, 0.25) is 5.91 Å². The van der Waals surface area contributed by atoms with Gasteiger partial charge in [-0.3, -0.25) is 9.69 Å². The van der Waals surface area contributed by atoms with Crippen molar-refractivity contribution in [2.75, 3.05) is 38.2 Å². The number of amides is 1. The number of morpholine rings is 1. The van der Waals surface area contributed by atoms with E-state index in [9.17, 15) is 4.79 Å². The first kappa shape index (κ1) is 17.4. The van der Waals surface area contributed by atoms with Crippen LogP contribution in [0.3, 0.4) is 0 Å². The number of anilines is 1. The lowest BCUT2D eigenvalue weighted by Gasteiger charge is -2.32. The lowest BCUT2D eigenvalue weighted by molar-refractivity contribution is -0.120. The average molecular weight is 331 g/mol. The van der Waals surface area contributed by atoms with E-state index in [1.54, 1.807) is 0 Å². The molecule has 2 aliphatic rings. The van der Waals surface area contributed by atoms with Crippen LogP contribution in [-0.4, -0.2) is 49.7 Å². The predicted molar refractivity (Wildman–Crippen MR) is 96.1 cm³/mol. The summed E-state index contributed by atoms with van der Waals surface area (Å²) in [6.07, 6.45) is 1.83. The summed E-state index contributed by atoms with van der Waals surface area (Å²) in [6.45, 7) is 8.88. The van der Waals surface area contributed by atoms with E-state index in [0.29, 0.717) is 12.1 Å². The SMILES string of the molecule is CC(c1ccc(NC(=O)[C@H]2CCN[C@@H](C)C2)cc1)N1CCOCC1. The summed E-state index contributed by atoms with van der Waals surface area (Å²) in [5.41, 5.74) is 2.18. The molecular weight excluding hydrogens is 302 g/mol. The molecule has 1 unspecified atom stereocenters. The van der Waals surface area contributed by atoms with Crippen LogP contribution >= 0.6 is 0 Å². The van der Waals surface area contributed by atoms with Crippen molar-refractivity contribution in [3.05, 3.63) is 29.8 Å². The fourth-order valence-corrected chi connectivity index (χ4v) is 3.63. The zero-order valence-electron chi connectivity index (χ0n) is 14.8. The summed E-state index contributed by atoms with van der Waals surface area (Å²) in [7, 11) is 0. The summed E-state index contributed by atoms with van der Waals surface area (Å²) in [5.74, 6) is 0.269. The highest BCUT2D eigenvalue weighted by Gasteiger charge is 2.24. The zero-order valence-corrected chi connectivity index (χ0v) is 14.8. The van der Waals surface area contributed by atoms with E-state index in [4.69, 9.17) is 4.74 Å². The molecule has 5 heteroatoms. The van der Waals surface area contributed by atoms with Crippen LogP contribution in [0, 0.1) is 5.92 Å². The summed E-state index contributed by atoms with van der Waals surface area (Å²) in [4.78, 5) is 14.9. The second kappa shape index (κ2) is 8.10. The van der Waals surface area contributed by atoms with E-state index in [2.05, 4.69) is 41.5 Å². The molecule has 132 valence electrons. The van der Waals surface area contributed by atoms with Crippen LogP contribution in [0.1, 0.15) is 38.3 Å². The summed E-state index contributed by atoms with van der Waals surface area (Å²) in [5, 5.41) is 6.47. The quantitative estimate of drug-likeness (QED) is 0.890. The van der Waals surface area contributed by atoms with Gasteiger partial charge in [0.25, 0.3) is 0 Å². The Morgan fingerprint density at radius 2 is 2.00 bits per heavy atom. The third-order valence-corrected chi connectivity index (χ3v) is 5.25. The van der Waals surface area contributed by atoms with E-state index in [1.807, 2.05) is 12.1 Å². The number of rotatable bonds is 4. The number of ether oxygens (including phenoxy) is 1. The molecule has 0 aliphatic carbocycles. The predicted octanol–water partition coefficient (Wildman–Crippen LogP) is 2.41. The van der Waals surface area contributed by atoms with Crippen LogP contribution in [-0.2, 0) is 9.53 Å². The standard InChI is InChI=1S/C19H29N3O2/c1-14-13-17(7-8-20-14)19(23)21-18-5-3-16(4-6-18)15(2)22-9-11-24-12-10-22/h3-6,14-15,17,20H,7-13H2,1-2H3,(H,21,23)/t14-,15?,17-/m0/s1. The third kappa shape index (κ3) is 4.35. The van der Waals surface area contributed by atoms with Gasteiger partial charge in [-0.05, 0) is 50.9 Å². The van der Waals surface area contributed by atoms with Gasteiger partial charge in [-0.25, -0.2) is 0 Å². The van der Waals surface area contributed by atoms with E-state index in [0.717, 1.165) is 51.4 Å². The molecular formula is C19H29N3O2. The maximum atomic E-state index is 12.4. The van der Waals surface area contributed by atoms with E-state index in [1.165, 1.54) is 5.56 Å². The number of nitrogens with one attached hydrogen (secondary N) is 2. The van der Waals surface area contributed by atoms with Gasteiger partial charge in [-0.1, -0.05) is 12.1 Å². The number of nitrogens with zero attached hydrogens (tertiary/aromatic N) is 1. The van der Waals surface area contributed by atoms with Gasteiger partial charge in [0.1, 0.15) is 0 Å². The molecule has 2 aliphatic heterocycles. The average Bonchev–Trinajstić information content (AvgIpc) is 2.62. The van der Waals surface area contributed by atoms with E-state index < -0.39 is 0 Å². The summed E-state index contributed by atoms with van der Waals surface area (Å²) in [6, 6.07) is 9.10. The van der Waals surface area contributed by atoms with Crippen molar-refractivity contribution in [2.45, 2.75) is 38.8 Å². The Balaban J connectivity index is 1.56. The van der Waals surface area contributed by atoms with Crippen LogP contribution in [0.5, 0.6) is 0 Å². The van der Waals surface area contributed by atoms with Crippen molar-refractivity contribution in [1.82, 2.24) is 10.2 Å². The van der Waals surface area contributed by atoms with Gasteiger partial charge in [0.05, 0.1) is 13.2 Å². The van der Waals surface area contributed by atoms with Gasteiger partial charge in [-0.15, -0.1) is 0 Å². The van der Waals surface area contributed by atoms with Crippen molar-refractivity contribution in [2.24, 2.45) is 5.92 Å². The second-order valence-corrected chi connectivity index (χ2v) is 7.01. The minimum Gasteiger partial charge on any atom is -0.379 e. The first-order valence-electron chi connectivity index (χ1n) is 9.09. The Morgan fingerprint density at radius 1 is 1.29 bits per heavy atom. The Labute approximate surface area is 144 Å². The Morgan fingerprint density at radius 3 is 2.67 bits per heavy atom. The molecule has 0 saturated carbocycles. The third-order valence-electron chi connectivity index (χ3n) is 5.25. The minimum atomic E-state index is 0.119. The molecule has 3 rings (SSSR count). The van der Waals surface area contributed by atoms with Crippen LogP contribution < -0.4 is 10.6 Å². The second-order valence-electron chi connectivity index (χ2n) is 7.01. The lowest BCUT2D eigenvalue weighted by Crippen LogP contribution is -2.40. The van der Waals surface area contributed by atoms with Crippen LogP contribution in [0.25, 0.3) is 0 Å². The molecule has 2 N–H and O–H groups in total. The Kier molecular flexibility index (Phi) is 5.87. The van der Waals surface area contributed by atoms with Gasteiger partial charge in [0.15, 0.2) is 0 Å². The van der Waals surface area contributed by atoms with Crippen molar-refractivity contribution in [3.8, 4) is 0 Å². The molecule has 0 spiro atoms. The maximum absolute atomic E-state index is 12.4. The van der Waals surface area contributed by atoms with Crippen LogP contribution in [0.4, 0.5) is 5.69 Å². The normalized spacial score (nSPS) is 26.8. The summed E-state index contributed by atoms with van der Waals surface area (Å²) >= 11 is 0. The largest absolute Gasteiger partial charge is 0.379 e. The fourth-order valence-electron chi connectivity index (χ4n) is 3.63. The van der Waals surface area contributed by atoms with Crippen LogP contribution in [0.15, 0.2) is 24.3 Å². The summed E-state index contributed by atoms with van der Waals surface area (Å²) < 4.78 is 5.42. The molecule has 1 aromatic rings. The fraction of sp³-hybridized carbons (Fsp3) is 0.632.